The molecule has 0 saturated carbocycles. The van der Waals surface area contributed by atoms with Crippen LogP contribution in [0.5, 0.6) is 46.0 Å². The molecular formula is C95H144N8O9. The van der Waals surface area contributed by atoms with Crippen LogP contribution < -0.4 is 37.9 Å². The Morgan fingerprint density at radius 1 is 0.250 bits per heavy atom. The van der Waals surface area contributed by atoms with Gasteiger partial charge >= 0.3 is 0 Å². The predicted octanol–water partition coefficient (Wildman–Crippen LogP) is 25.6. The van der Waals surface area contributed by atoms with Crippen LogP contribution in [0.2, 0.25) is 0 Å². The van der Waals surface area contributed by atoms with Crippen molar-refractivity contribution in [2.75, 3.05) is 60.0 Å². The van der Waals surface area contributed by atoms with E-state index in [-0.39, 0.29) is 13.2 Å². The smallest absolute Gasteiger partial charge is 0.164 e. The average Bonchev–Trinajstić information content (AvgIpc) is 1.59. The molecule has 112 heavy (non-hydrogen) atoms. The molecular weight excluding hydrogens is 1400 g/mol. The molecule has 2 aliphatic rings. The molecule has 5 heterocycles. The molecule has 3 aromatic heterocycles. The van der Waals surface area contributed by atoms with Crippen molar-refractivity contribution in [2.45, 2.75) is 279 Å². The van der Waals surface area contributed by atoms with E-state index in [4.69, 9.17) is 67.8 Å². The third kappa shape index (κ3) is 26.9. The van der Waals surface area contributed by atoms with Crippen LogP contribution in [0, 0.1) is 71.0 Å². The van der Waals surface area contributed by atoms with Crippen molar-refractivity contribution in [1.29, 1.82) is 0 Å². The maximum Gasteiger partial charge on any atom is 0.164 e. The number of H-pyrrole nitrogens is 2. The minimum absolute atomic E-state index is 0.0454. The summed E-state index contributed by atoms with van der Waals surface area (Å²) >= 11 is 0. The van der Waals surface area contributed by atoms with E-state index in [9.17, 15) is 5.11 Å². The summed E-state index contributed by atoms with van der Waals surface area (Å²) in [6.45, 7) is 44.6. The quantitative estimate of drug-likeness (QED) is 0.0325. The third-order valence-corrected chi connectivity index (χ3v) is 22.7. The zero-order chi connectivity index (χ0) is 80.4. The normalized spacial score (nSPS) is 13.9. The third-order valence-electron chi connectivity index (χ3n) is 22.7. The summed E-state index contributed by atoms with van der Waals surface area (Å²) in [6, 6.07) is 16.2. The molecule has 3 N–H and O–H groups in total. The minimum Gasteiger partial charge on any atom is -0.493 e. The molecule has 7 aromatic rings. The van der Waals surface area contributed by atoms with Gasteiger partial charge in [-0.1, -0.05) is 240 Å². The molecule has 8 bridgehead atoms. The lowest BCUT2D eigenvalue weighted by atomic mass is 9.97. The van der Waals surface area contributed by atoms with E-state index in [1.54, 1.807) is 7.11 Å². The first-order chi connectivity index (χ1) is 53.8. The van der Waals surface area contributed by atoms with Gasteiger partial charge in [0.1, 0.15) is 29.2 Å². The molecule has 0 unspecified atom stereocenters. The first-order valence-corrected chi connectivity index (χ1v) is 43.9. The molecule has 9 rings (SSSR count). The van der Waals surface area contributed by atoms with Crippen LogP contribution >= 0.6 is 0 Å². The number of nitrogens with one attached hydrogen (secondary N) is 2. The number of methoxy groups -OCH3 is 1. The second-order valence-corrected chi connectivity index (χ2v) is 36.2. The van der Waals surface area contributed by atoms with Gasteiger partial charge in [-0.05, 0) is 158 Å². The topological polar surface area (TPSA) is 203 Å². The molecule has 0 spiro atoms. The zero-order valence-electron chi connectivity index (χ0n) is 72.6. The molecule has 0 aliphatic carbocycles. The molecule has 2 aliphatic heterocycles. The highest BCUT2D eigenvalue weighted by molar-refractivity contribution is 6.08. The Balaban J connectivity index is 1.31. The Morgan fingerprint density at radius 3 is 0.652 bits per heavy atom. The van der Waals surface area contributed by atoms with Crippen molar-refractivity contribution >= 4 is 44.1 Å². The number of aliphatic hydroxyl groups excluding tert-OH is 1. The number of rotatable bonds is 52. The van der Waals surface area contributed by atoms with Crippen molar-refractivity contribution in [3.05, 3.63) is 48.5 Å². The number of fused-ring (bicyclic) bond motifs is 20. The van der Waals surface area contributed by atoms with E-state index in [1.165, 1.54) is 77.0 Å². The van der Waals surface area contributed by atoms with Gasteiger partial charge in [0, 0.05) is 43.8 Å². The Bertz CT molecular complexity index is 4220. The van der Waals surface area contributed by atoms with Crippen LogP contribution in [0.15, 0.2) is 48.5 Å². The van der Waals surface area contributed by atoms with Gasteiger partial charge < -0.3 is 53.0 Å². The van der Waals surface area contributed by atoms with Gasteiger partial charge in [0.2, 0.25) is 0 Å². The van der Waals surface area contributed by atoms with Crippen molar-refractivity contribution in [3.63, 3.8) is 0 Å². The number of aromatic amines is 2. The van der Waals surface area contributed by atoms with E-state index in [1.807, 2.05) is 18.2 Å². The lowest BCUT2D eigenvalue weighted by Crippen LogP contribution is -2.08. The summed E-state index contributed by atoms with van der Waals surface area (Å²) in [5.74, 6) is 13.1. The number of nitrogens with zero attached hydrogens (tertiary/aromatic N) is 6. The average molecular weight is 1540 g/mol. The minimum atomic E-state index is -0.195. The van der Waals surface area contributed by atoms with Crippen LogP contribution in [0.1, 0.15) is 279 Å². The molecule has 0 amide bonds. The van der Waals surface area contributed by atoms with Crippen molar-refractivity contribution < 1.29 is 43.0 Å². The fourth-order valence-electron chi connectivity index (χ4n) is 15.3. The number of benzene rings is 4. The summed E-state index contributed by atoms with van der Waals surface area (Å²) in [5, 5.41) is 13.0. The number of aromatic nitrogens is 8. The Kier molecular flexibility index (Phi) is 35.2. The van der Waals surface area contributed by atoms with Crippen molar-refractivity contribution in [3.8, 4) is 91.5 Å². The molecule has 4 aromatic carbocycles. The molecule has 17 heteroatoms. The monoisotopic (exact) mass is 1540 g/mol. The van der Waals surface area contributed by atoms with Gasteiger partial charge in [-0.15, -0.1) is 0 Å². The van der Waals surface area contributed by atoms with Gasteiger partial charge in [0.15, 0.2) is 69.3 Å². The Morgan fingerprint density at radius 2 is 0.446 bits per heavy atom. The van der Waals surface area contributed by atoms with Gasteiger partial charge in [-0.25, -0.2) is 29.9 Å². The summed E-state index contributed by atoms with van der Waals surface area (Å²) < 4.78 is 54.2. The summed E-state index contributed by atoms with van der Waals surface area (Å²) in [6.07, 6.45) is 26.5. The molecule has 0 radical (unpaired) electrons. The Hall–Kier alpha value is -7.40. The van der Waals surface area contributed by atoms with E-state index < -0.39 is 0 Å². The first-order valence-electron chi connectivity index (χ1n) is 43.9. The van der Waals surface area contributed by atoms with Crippen molar-refractivity contribution in [1.82, 2.24) is 39.9 Å². The fourth-order valence-corrected chi connectivity index (χ4v) is 15.3. The van der Waals surface area contributed by atoms with Gasteiger partial charge in [-0.2, -0.15) is 0 Å². The lowest BCUT2D eigenvalue weighted by molar-refractivity contribution is 0.197. The van der Waals surface area contributed by atoms with E-state index in [0.29, 0.717) is 213 Å². The summed E-state index contributed by atoms with van der Waals surface area (Å²) in [7, 11) is 1.61. The molecule has 6 atom stereocenters. The van der Waals surface area contributed by atoms with Gasteiger partial charge in [0.05, 0.1) is 53.4 Å². The molecule has 0 fully saturated rings. The second kappa shape index (κ2) is 44.5. The van der Waals surface area contributed by atoms with Crippen LogP contribution in [0.25, 0.3) is 89.7 Å². The van der Waals surface area contributed by atoms with Crippen LogP contribution in [-0.4, -0.2) is 105 Å². The van der Waals surface area contributed by atoms with Crippen LogP contribution in [0.4, 0.5) is 0 Å². The zero-order valence-corrected chi connectivity index (χ0v) is 72.6. The maximum absolute atomic E-state index is 10.1. The summed E-state index contributed by atoms with van der Waals surface area (Å²) in [5.41, 5.74) is 4.84. The van der Waals surface area contributed by atoms with Crippen molar-refractivity contribution in [2.24, 2.45) is 71.0 Å². The van der Waals surface area contributed by atoms with E-state index >= 15 is 0 Å². The maximum atomic E-state index is 10.1. The number of ether oxygens (including phenoxy) is 8. The second-order valence-electron chi connectivity index (χ2n) is 36.2. The largest absolute Gasteiger partial charge is 0.493 e. The summed E-state index contributed by atoms with van der Waals surface area (Å²) in [4.78, 5) is 40.9. The molecule has 0 saturated heterocycles. The SMILES string of the molecule is COc1cc2c3nc4nc(nc5[nH]c(nc6nc(nc([nH]3)c2cc1OCCO)-c1cc(OCC[C@@H](C)CCCC(C)C)c(OCC[C@@H](C)CCCC(C)C)cc1-6)c1cc(OCC[C@@H](C)CCCC(C)C)c(OCC[C@@H](C)CCCC(C)C)cc51)-c1cc(OCC[C@@H](C)CCCC(C)C)c(OCC[C@@H](C)CCCC(C)C)cc1-4. The molecule has 618 valence electrons. The van der Waals surface area contributed by atoms with Gasteiger partial charge in [0.25, 0.3) is 0 Å². The predicted molar refractivity (Wildman–Crippen MR) is 463 cm³/mol. The standard InChI is InChI=1S/C95H144N8O9/c1-60(2)26-20-32-66(13)38-45-106-82-54-74-75(55-83(82)107-46-39-67(14)33-21-27-61(3)4)92-99-90(74)97-88-72-52-80(105-19)81(112-51-44-104)53-73(72)89(96-88)98-91-76-56-84(108-47-40-68(15)34-22-28-62(5)6)85(109-48-41-69(16)35-23-29-63(7)8)57-77(76)93(100-91)102-95-79-59-87(111-50-43-71(18)37-25-31-65(11)12)86(58-78(79)94(101-92)103-95)110-49-42-70(17)36-24-30-64(9)10/h52-71,104H,20-51H2,1-19H3,(H2,96,97,98,99,100,101,102,103)/t66-,67-,68-,69-,70-,71-/m0/s1. The lowest BCUT2D eigenvalue weighted by Gasteiger charge is -2.18. The fraction of sp³-hybridized carbons (Fsp3) is 0.663. The number of aliphatic hydroxyl groups is 1. The van der Waals surface area contributed by atoms with Crippen LogP contribution in [0.3, 0.4) is 0 Å². The highest BCUT2D eigenvalue weighted by Gasteiger charge is 2.29. The van der Waals surface area contributed by atoms with Gasteiger partial charge in [-0.3, -0.25) is 0 Å². The molecule has 17 nitrogen and oxygen atoms in total. The number of hydrogen-bond donors (Lipinski definition) is 3. The van der Waals surface area contributed by atoms with E-state index in [0.717, 1.165) is 110 Å². The first kappa shape index (κ1) is 88.5. The number of hydrogen-bond acceptors (Lipinski definition) is 15. The van der Waals surface area contributed by atoms with Crippen LogP contribution in [-0.2, 0) is 0 Å². The van der Waals surface area contributed by atoms with E-state index in [2.05, 4.69) is 165 Å². The highest BCUT2D eigenvalue weighted by atomic mass is 16.5. The highest BCUT2D eigenvalue weighted by Crippen LogP contribution is 2.47. The Labute approximate surface area is 673 Å².